The quantitative estimate of drug-likeness (QED) is 0.693. The van der Waals surface area contributed by atoms with Gasteiger partial charge in [-0.3, -0.25) is 0 Å². The highest BCUT2D eigenvalue weighted by Crippen LogP contribution is 2.24. The lowest BCUT2D eigenvalue weighted by molar-refractivity contribution is 0.191. The topological polar surface area (TPSA) is 60.2 Å². The minimum absolute atomic E-state index is 0.139. The van der Waals surface area contributed by atoms with Gasteiger partial charge in [-0.25, -0.2) is 4.79 Å². The third-order valence-corrected chi connectivity index (χ3v) is 4.23. The molecule has 0 radical (unpaired) electrons. The first-order chi connectivity index (χ1) is 11.3. The van der Waals surface area contributed by atoms with Crippen LogP contribution in [0.5, 0.6) is 5.75 Å². The Balaban J connectivity index is 1.63. The van der Waals surface area contributed by atoms with Crippen molar-refractivity contribution in [3.05, 3.63) is 53.6 Å². The van der Waals surface area contributed by atoms with Crippen LogP contribution in [0.1, 0.15) is 11.1 Å². The van der Waals surface area contributed by atoms with Gasteiger partial charge >= 0.3 is 6.03 Å². The van der Waals surface area contributed by atoms with Crippen LogP contribution < -0.4 is 4.74 Å². The molecule has 0 N–H and O–H groups in total. The summed E-state index contributed by atoms with van der Waals surface area (Å²) in [7, 11) is 1.66. The Hall–Kier alpha value is -2.89. The van der Waals surface area contributed by atoms with E-state index in [9.17, 15) is 4.79 Å². The van der Waals surface area contributed by atoms with Crippen molar-refractivity contribution in [3.63, 3.8) is 0 Å². The fraction of sp³-hybridized carbons (Fsp3) is 0.235. The Morgan fingerprint density at radius 2 is 2.04 bits per heavy atom. The number of fused-ring (bicyclic) bond motifs is 2. The molecule has 23 heavy (non-hydrogen) atoms. The molecule has 0 saturated carbocycles. The Bertz CT molecular complexity index is 887. The van der Waals surface area contributed by atoms with Gasteiger partial charge in [0.25, 0.3) is 0 Å². The number of nitrogens with zero attached hydrogens (tertiary/aromatic N) is 4. The van der Waals surface area contributed by atoms with E-state index < -0.39 is 0 Å². The summed E-state index contributed by atoms with van der Waals surface area (Å²) in [6.07, 6.45) is 0.810. The number of hydrogen-bond acceptors (Lipinski definition) is 4. The molecule has 0 aliphatic carbocycles. The molecule has 1 aromatic heterocycles. The number of carbonyl (C=O) groups excluding carboxylic acids is 1. The molecule has 6 heteroatoms. The van der Waals surface area contributed by atoms with Crippen molar-refractivity contribution in [3.8, 4) is 5.75 Å². The molecule has 0 atom stereocenters. The van der Waals surface area contributed by atoms with Gasteiger partial charge in [-0.15, -0.1) is 5.10 Å². The van der Waals surface area contributed by atoms with E-state index in [1.54, 1.807) is 12.0 Å². The van der Waals surface area contributed by atoms with Crippen LogP contribution in [0.3, 0.4) is 0 Å². The Morgan fingerprint density at radius 3 is 2.91 bits per heavy atom. The fourth-order valence-corrected chi connectivity index (χ4v) is 2.96. The average Bonchev–Trinajstić information content (AvgIpc) is 3.04. The summed E-state index contributed by atoms with van der Waals surface area (Å²) in [5.41, 5.74) is 3.84. The van der Waals surface area contributed by atoms with Gasteiger partial charge < -0.3 is 9.64 Å². The van der Waals surface area contributed by atoms with Crippen LogP contribution in [0, 0.1) is 0 Å². The van der Waals surface area contributed by atoms with Crippen LogP contribution in [0.15, 0.2) is 42.5 Å². The molecule has 0 unspecified atom stereocenters. The van der Waals surface area contributed by atoms with Crippen molar-refractivity contribution in [1.82, 2.24) is 19.9 Å². The van der Waals surface area contributed by atoms with Crippen LogP contribution in [0.25, 0.3) is 11.0 Å². The van der Waals surface area contributed by atoms with Crippen molar-refractivity contribution >= 4 is 17.1 Å². The average molecular weight is 308 g/mol. The lowest BCUT2D eigenvalue weighted by Gasteiger charge is -2.28. The summed E-state index contributed by atoms with van der Waals surface area (Å²) in [5, 5.41) is 8.06. The molecule has 1 aliphatic rings. The maximum Gasteiger partial charge on any atom is 0.347 e. The number of aromatic nitrogens is 3. The molecule has 0 bridgehead atoms. The summed E-state index contributed by atoms with van der Waals surface area (Å²) < 4.78 is 6.64. The Kier molecular flexibility index (Phi) is 3.22. The fourth-order valence-electron chi connectivity index (χ4n) is 2.96. The highest BCUT2D eigenvalue weighted by atomic mass is 16.5. The van der Waals surface area contributed by atoms with E-state index in [0.29, 0.717) is 13.1 Å². The SMILES string of the molecule is COc1ccc2c(c1)CCN(C(=O)n1nnc3ccccc31)C2. The zero-order valence-corrected chi connectivity index (χ0v) is 12.8. The first kappa shape index (κ1) is 13.8. The molecule has 0 fully saturated rings. The summed E-state index contributed by atoms with van der Waals surface area (Å²) in [6.45, 7) is 1.24. The van der Waals surface area contributed by atoms with Gasteiger partial charge in [0.1, 0.15) is 11.3 Å². The van der Waals surface area contributed by atoms with E-state index >= 15 is 0 Å². The molecular formula is C17H16N4O2. The summed E-state index contributed by atoms with van der Waals surface area (Å²) in [4.78, 5) is 14.6. The van der Waals surface area contributed by atoms with Gasteiger partial charge in [0.15, 0.2) is 0 Å². The van der Waals surface area contributed by atoms with Crippen molar-refractivity contribution in [2.24, 2.45) is 0 Å². The van der Waals surface area contributed by atoms with Gasteiger partial charge in [0.05, 0.1) is 12.6 Å². The highest BCUT2D eigenvalue weighted by Gasteiger charge is 2.24. The molecule has 6 nitrogen and oxygen atoms in total. The number of hydrogen-bond donors (Lipinski definition) is 0. The third-order valence-electron chi connectivity index (χ3n) is 4.23. The minimum atomic E-state index is -0.139. The number of ether oxygens (including phenoxy) is 1. The number of carbonyl (C=O) groups is 1. The number of para-hydroxylation sites is 1. The number of methoxy groups -OCH3 is 1. The Labute approximate surface area is 133 Å². The van der Waals surface area contributed by atoms with Crippen molar-refractivity contribution < 1.29 is 9.53 Å². The monoisotopic (exact) mass is 308 g/mol. The van der Waals surface area contributed by atoms with Crippen molar-refractivity contribution in [2.45, 2.75) is 13.0 Å². The van der Waals surface area contributed by atoms with E-state index in [1.807, 2.05) is 42.5 Å². The first-order valence-electron chi connectivity index (χ1n) is 7.52. The van der Waals surface area contributed by atoms with E-state index in [4.69, 9.17) is 4.74 Å². The highest BCUT2D eigenvalue weighted by molar-refractivity contribution is 5.87. The molecule has 1 amide bonds. The summed E-state index contributed by atoms with van der Waals surface area (Å²) >= 11 is 0. The zero-order chi connectivity index (χ0) is 15.8. The van der Waals surface area contributed by atoms with E-state index in [1.165, 1.54) is 10.2 Å². The van der Waals surface area contributed by atoms with Crippen molar-refractivity contribution in [1.29, 1.82) is 0 Å². The van der Waals surface area contributed by atoms with Crippen LogP contribution in [0.2, 0.25) is 0 Å². The first-order valence-corrected chi connectivity index (χ1v) is 7.52. The second-order valence-electron chi connectivity index (χ2n) is 5.58. The molecule has 0 spiro atoms. The predicted octanol–water partition coefficient (Wildman–Crippen LogP) is 2.47. The third kappa shape index (κ3) is 2.32. The predicted molar refractivity (Wildman–Crippen MR) is 85.4 cm³/mol. The lowest BCUT2D eigenvalue weighted by Crippen LogP contribution is -2.39. The molecule has 3 aromatic rings. The van der Waals surface area contributed by atoms with Gasteiger partial charge in [-0.1, -0.05) is 23.4 Å². The molecule has 4 rings (SSSR count). The van der Waals surface area contributed by atoms with E-state index in [0.717, 1.165) is 28.8 Å². The molecule has 1 aliphatic heterocycles. The van der Waals surface area contributed by atoms with Crippen LogP contribution in [0.4, 0.5) is 4.79 Å². The second-order valence-corrected chi connectivity index (χ2v) is 5.58. The number of rotatable bonds is 1. The normalized spacial score (nSPS) is 13.9. The number of amides is 1. The molecule has 0 saturated heterocycles. The van der Waals surface area contributed by atoms with Gasteiger partial charge in [0, 0.05) is 13.1 Å². The Morgan fingerprint density at radius 1 is 1.17 bits per heavy atom. The summed E-state index contributed by atoms with van der Waals surface area (Å²) in [5.74, 6) is 0.853. The van der Waals surface area contributed by atoms with Crippen LogP contribution in [-0.2, 0) is 13.0 Å². The van der Waals surface area contributed by atoms with Gasteiger partial charge in [-0.2, -0.15) is 4.68 Å². The standard InChI is InChI=1S/C17H16N4O2/c1-23-14-7-6-13-11-20(9-8-12(13)10-14)17(22)21-16-5-3-2-4-15(16)18-19-21/h2-7,10H,8-9,11H2,1H3. The molecule has 116 valence electrons. The van der Waals surface area contributed by atoms with Gasteiger partial charge in [-0.05, 0) is 41.8 Å². The molecular weight excluding hydrogens is 292 g/mol. The molecule has 2 aromatic carbocycles. The van der Waals surface area contributed by atoms with Crippen LogP contribution >= 0.6 is 0 Å². The smallest absolute Gasteiger partial charge is 0.347 e. The van der Waals surface area contributed by atoms with Crippen molar-refractivity contribution in [2.75, 3.05) is 13.7 Å². The largest absolute Gasteiger partial charge is 0.497 e. The van der Waals surface area contributed by atoms with E-state index in [-0.39, 0.29) is 6.03 Å². The summed E-state index contributed by atoms with van der Waals surface area (Å²) in [6, 6.07) is 13.3. The lowest BCUT2D eigenvalue weighted by atomic mass is 10.00. The zero-order valence-electron chi connectivity index (χ0n) is 12.8. The van der Waals surface area contributed by atoms with Crippen LogP contribution in [-0.4, -0.2) is 39.6 Å². The second kappa shape index (κ2) is 5.39. The maximum atomic E-state index is 12.8. The molecule has 2 heterocycles. The van der Waals surface area contributed by atoms with Gasteiger partial charge in [0.2, 0.25) is 0 Å². The maximum absolute atomic E-state index is 12.8. The van der Waals surface area contributed by atoms with E-state index in [2.05, 4.69) is 10.3 Å². The number of benzene rings is 2. The minimum Gasteiger partial charge on any atom is -0.497 e.